The Labute approximate surface area is 204 Å². The van der Waals surface area contributed by atoms with Crippen LogP contribution in [-0.2, 0) is 9.59 Å². The van der Waals surface area contributed by atoms with Gasteiger partial charge in [0.25, 0.3) is 5.91 Å². The second-order valence-electron chi connectivity index (χ2n) is 7.06. The van der Waals surface area contributed by atoms with Crippen molar-refractivity contribution in [3.63, 3.8) is 0 Å². The molecule has 0 atom stereocenters. The molecule has 0 saturated heterocycles. The number of carbonyl (C=O) groups excluding carboxylic acids is 2. The van der Waals surface area contributed by atoms with Crippen molar-refractivity contribution in [2.24, 2.45) is 0 Å². The maximum absolute atomic E-state index is 13.1. The highest BCUT2D eigenvalue weighted by molar-refractivity contribution is 8.00. The van der Waals surface area contributed by atoms with E-state index in [1.54, 1.807) is 36.4 Å². The van der Waals surface area contributed by atoms with Gasteiger partial charge in [-0.1, -0.05) is 18.2 Å². The van der Waals surface area contributed by atoms with Crippen LogP contribution in [0.4, 0.5) is 15.2 Å². The SMILES string of the molecule is O=C(COc1ccccc1)Nc1ccc(SCC(=O)Nc2nc(-c3ccc(F)cc3)cs2)cc1. The molecule has 0 aliphatic carbocycles. The molecule has 4 aromatic rings. The fraction of sp³-hybridized carbons (Fsp3) is 0.0800. The number of amides is 2. The van der Waals surface area contributed by atoms with Crippen molar-refractivity contribution < 1.29 is 18.7 Å². The van der Waals surface area contributed by atoms with Gasteiger partial charge in [-0.15, -0.1) is 23.1 Å². The van der Waals surface area contributed by atoms with E-state index >= 15 is 0 Å². The van der Waals surface area contributed by atoms with Crippen molar-refractivity contribution in [2.45, 2.75) is 4.90 Å². The van der Waals surface area contributed by atoms with E-state index in [1.165, 1.54) is 35.2 Å². The molecule has 2 N–H and O–H groups in total. The lowest BCUT2D eigenvalue weighted by molar-refractivity contribution is -0.118. The van der Waals surface area contributed by atoms with Crippen molar-refractivity contribution in [3.05, 3.63) is 90.1 Å². The van der Waals surface area contributed by atoms with Crippen LogP contribution in [-0.4, -0.2) is 29.2 Å². The van der Waals surface area contributed by atoms with E-state index in [-0.39, 0.29) is 30.0 Å². The summed E-state index contributed by atoms with van der Waals surface area (Å²) in [6, 6.07) is 22.4. The van der Waals surface area contributed by atoms with Crippen molar-refractivity contribution in [3.8, 4) is 17.0 Å². The molecule has 4 rings (SSSR count). The summed E-state index contributed by atoms with van der Waals surface area (Å²) in [6.45, 7) is -0.0830. The van der Waals surface area contributed by atoms with Crippen molar-refractivity contribution in [1.82, 2.24) is 4.98 Å². The van der Waals surface area contributed by atoms with Crippen LogP contribution in [0.1, 0.15) is 0 Å². The molecule has 1 heterocycles. The molecule has 1 aromatic heterocycles. The zero-order chi connectivity index (χ0) is 23.8. The van der Waals surface area contributed by atoms with Crippen LogP contribution in [0.25, 0.3) is 11.3 Å². The first-order valence-electron chi connectivity index (χ1n) is 10.3. The third kappa shape index (κ3) is 6.90. The second-order valence-corrected chi connectivity index (χ2v) is 8.96. The van der Waals surface area contributed by atoms with Crippen LogP contribution >= 0.6 is 23.1 Å². The molecule has 0 fully saturated rings. The highest BCUT2D eigenvalue weighted by Crippen LogP contribution is 2.26. The molecule has 0 saturated carbocycles. The molecule has 9 heteroatoms. The van der Waals surface area contributed by atoms with Gasteiger partial charge in [-0.05, 0) is 60.7 Å². The first-order valence-corrected chi connectivity index (χ1v) is 12.1. The minimum Gasteiger partial charge on any atom is -0.484 e. The van der Waals surface area contributed by atoms with Gasteiger partial charge in [0.05, 0.1) is 11.4 Å². The van der Waals surface area contributed by atoms with Crippen LogP contribution in [0.15, 0.2) is 89.1 Å². The van der Waals surface area contributed by atoms with E-state index < -0.39 is 0 Å². The molecule has 0 bridgehead atoms. The molecule has 3 aromatic carbocycles. The molecule has 0 aliphatic heterocycles. The quantitative estimate of drug-likeness (QED) is 0.293. The molecular weight excluding hydrogens is 473 g/mol. The zero-order valence-corrected chi connectivity index (χ0v) is 19.5. The molecule has 172 valence electrons. The first-order chi connectivity index (χ1) is 16.5. The average Bonchev–Trinajstić information content (AvgIpc) is 3.32. The van der Waals surface area contributed by atoms with Gasteiger partial charge in [-0.3, -0.25) is 9.59 Å². The third-order valence-electron chi connectivity index (χ3n) is 4.51. The molecule has 6 nitrogen and oxygen atoms in total. The molecule has 0 unspecified atom stereocenters. The number of halogens is 1. The van der Waals surface area contributed by atoms with Gasteiger partial charge in [0, 0.05) is 21.5 Å². The second kappa shape index (κ2) is 11.4. The number of anilines is 2. The minimum absolute atomic E-state index is 0.0830. The number of nitrogens with zero attached hydrogens (tertiary/aromatic N) is 1. The molecule has 2 amide bonds. The van der Waals surface area contributed by atoms with Crippen LogP contribution in [0.3, 0.4) is 0 Å². The average molecular weight is 494 g/mol. The van der Waals surface area contributed by atoms with E-state index in [1.807, 2.05) is 35.7 Å². The Morgan fingerprint density at radius 1 is 0.912 bits per heavy atom. The number of ether oxygens (including phenoxy) is 1. The lowest BCUT2D eigenvalue weighted by atomic mass is 10.2. The van der Waals surface area contributed by atoms with Gasteiger partial charge in [-0.25, -0.2) is 9.37 Å². The molecule has 0 aliphatic rings. The maximum Gasteiger partial charge on any atom is 0.262 e. The van der Waals surface area contributed by atoms with Crippen LogP contribution in [0, 0.1) is 5.82 Å². The number of para-hydroxylation sites is 1. The van der Waals surface area contributed by atoms with E-state index in [9.17, 15) is 14.0 Å². The lowest BCUT2D eigenvalue weighted by Crippen LogP contribution is -2.20. The highest BCUT2D eigenvalue weighted by Gasteiger charge is 2.10. The molecule has 0 spiro atoms. The lowest BCUT2D eigenvalue weighted by Gasteiger charge is -2.08. The van der Waals surface area contributed by atoms with Gasteiger partial charge < -0.3 is 15.4 Å². The maximum atomic E-state index is 13.1. The number of carbonyl (C=O) groups is 2. The summed E-state index contributed by atoms with van der Waals surface area (Å²) >= 11 is 2.69. The van der Waals surface area contributed by atoms with Gasteiger partial charge >= 0.3 is 0 Å². The van der Waals surface area contributed by atoms with Gasteiger partial charge in [-0.2, -0.15) is 0 Å². The number of hydrogen-bond donors (Lipinski definition) is 2. The van der Waals surface area contributed by atoms with Crippen molar-refractivity contribution >= 4 is 45.7 Å². The summed E-state index contributed by atoms with van der Waals surface area (Å²) in [7, 11) is 0. The number of rotatable bonds is 9. The summed E-state index contributed by atoms with van der Waals surface area (Å²) in [5, 5.41) is 7.86. The number of nitrogens with one attached hydrogen (secondary N) is 2. The number of thiazole rings is 1. The highest BCUT2D eigenvalue weighted by atomic mass is 32.2. The monoisotopic (exact) mass is 493 g/mol. The summed E-state index contributed by atoms with van der Waals surface area (Å²) in [5.41, 5.74) is 2.11. The molecule has 34 heavy (non-hydrogen) atoms. The fourth-order valence-corrected chi connectivity index (χ4v) is 4.32. The largest absolute Gasteiger partial charge is 0.484 e. The first kappa shape index (κ1) is 23.5. The van der Waals surface area contributed by atoms with Gasteiger partial charge in [0.1, 0.15) is 11.6 Å². The minimum atomic E-state index is -0.308. The summed E-state index contributed by atoms with van der Waals surface area (Å²) in [4.78, 5) is 29.6. The Morgan fingerprint density at radius 2 is 1.65 bits per heavy atom. The fourth-order valence-electron chi connectivity index (χ4n) is 2.89. The number of benzene rings is 3. The summed E-state index contributed by atoms with van der Waals surface area (Å²) < 4.78 is 18.5. The van der Waals surface area contributed by atoms with Gasteiger partial charge in [0.15, 0.2) is 11.7 Å². The summed E-state index contributed by atoms with van der Waals surface area (Å²) in [5.74, 6) is 0.0962. The van der Waals surface area contributed by atoms with Gasteiger partial charge in [0.2, 0.25) is 5.91 Å². The van der Waals surface area contributed by atoms with E-state index in [4.69, 9.17) is 4.74 Å². The Bertz CT molecular complexity index is 1250. The van der Waals surface area contributed by atoms with E-state index in [0.717, 1.165) is 10.5 Å². The Morgan fingerprint density at radius 3 is 2.38 bits per heavy atom. The standard InChI is InChI=1S/C25H20FN3O3S2/c26-18-8-6-17(7-9-18)22-15-34-25(28-22)29-24(31)16-33-21-12-10-19(11-13-21)27-23(30)14-32-20-4-2-1-3-5-20/h1-13,15H,14,16H2,(H,27,30)(H,28,29,31). The Hall–Kier alpha value is -3.69. The number of aromatic nitrogens is 1. The van der Waals surface area contributed by atoms with Crippen LogP contribution in [0.5, 0.6) is 5.75 Å². The smallest absolute Gasteiger partial charge is 0.262 e. The predicted molar refractivity (Wildman–Crippen MR) is 134 cm³/mol. The molecule has 0 radical (unpaired) electrons. The van der Waals surface area contributed by atoms with E-state index in [2.05, 4.69) is 15.6 Å². The molecular formula is C25H20FN3O3S2. The Balaban J connectivity index is 1.21. The van der Waals surface area contributed by atoms with Crippen molar-refractivity contribution in [2.75, 3.05) is 23.0 Å². The predicted octanol–water partition coefficient (Wildman–Crippen LogP) is 5.70. The number of thioether (sulfide) groups is 1. The normalized spacial score (nSPS) is 10.5. The Kier molecular flexibility index (Phi) is 7.90. The van der Waals surface area contributed by atoms with E-state index in [0.29, 0.717) is 22.3 Å². The topological polar surface area (TPSA) is 80.3 Å². The van der Waals surface area contributed by atoms with Crippen molar-refractivity contribution in [1.29, 1.82) is 0 Å². The third-order valence-corrected chi connectivity index (χ3v) is 6.28. The summed E-state index contributed by atoms with van der Waals surface area (Å²) in [6.07, 6.45) is 0. The zero-order valence-electron chi connectivity index (χ0n) is 17.9. The number of hydrogen-bond acceptors (Lipinski definition) is 6. The van der Waals surface area contributed by atoms with Crippen LogP contribution < -0.4 is 15.4 Å². The van der Waals surface area contributed by atoms with Crippen LogP contribution in [0.2, 0.25) is 0 Å².